The van der Waals surface area contributed by atoms with Crippen LogP contribution in [0.1, 0.15) is 12.5 Å². The number of rotatable bonds is 7. The van der Waals surface area contributed by atoms with Crippen LogP contribution in [0.15, 0.2) is 42.5 Å². The molecule has 0 aromatic heterocycles. The van der Waals surface area contributed by atoms with Crippen molar-refractivity contribution in [2.24, 2.45) is 0 Å². The fourth-order valence-electron chi connectivity index (χ4n) is 2.83. The first-order valence-electron chi connectivity index (χ1n) is 8.37. The number of halogens is 2. The number of benzene rings is 2. The van der Waals surface area contributed by atoms with Gasteiger partial charge in [-0.2, -0.15) is 0 Å². The number of hydrogen-bond acceptors (Lipinski definition) is 4. The van der Waals surface area contributed by atoms with E-state index in [0.717, 1.165) is 34.3 Å². The molecule has 0 fully saturated rings. The fraction of sp³-hybridized carbons (Fsp3) is 0.316. The summed E-state index contributed by atoms with van der Waals surface area (Å²) >= 11 is 0. The highest BCUT2D eigenvalue weighted by molar-refractivity contribution is 7.92. The lowest BCUT2D eigenvalue weighted by atomic mass is 10.2. The van der Waals surface area contributed by atoms with Crippen molar-refractivity contribution in [1.29, 1.82) is 0 Å². The predicted octanol–water partition coefficient (Wildman–Crippen LogP) is 2.79. The van der Waals surface area contributed by atoms with Gasteiger partial charge in [0, 0.05) is 19.7 Å². The van der Waals surface area contributed by atoms with Gasteiger partial charge in [0.1, 0.15) is 11.8 Å². The molecule has 0 radical (unpaired) electrons. The van der Waals surface area contributed by atoms with Crippen LogP contribution in [-0.4, -0.2) is 45.7 Å². The second-order valence-corrected chi connectivity index (χ2v) is 8.24. The van der Waals surface area contributed by atoms with E-state index >= 15 is 0 Å². The molecule has 1 unspecified atom stereocenters. The second-order valence-electron chi connectivity index (χ2n) is 6.38. The highest BCUT2D eigenvalue weighted by atomic mass is 32.2. The van der Waals surface area contributed by atoms with Crippen LogP contribution in [0, 0.1) is 11.6 Å². The lowest BCUT2D eigenvalue weighted by Crippen LogP contribution is -2.48. The number of hydrogen-bond donors (Lipinski definition) is 0. The van der Waals surface area contributed by atoms with Crippen LogP contribution in [0.3, 0.4) is 0 Å². The van der Waals surface area contributed by atoms with E-state index in [9.17, 15) is 22.0 Å². The zero-order valence-electron chi connectivity index (χ0n) is 16.0. The van der Waals surface area contributed by atoms with Gasteiger partial charge < -0.3 is 9.64 Å². The van der Waals surface area contributed by atoms with Gasteiger partial charge >= 0.3 is 0 Å². The third-order valence-electron chi connectivity index (χ3n) is 4.18. The third-order valence-corrected chi connectivity index (χ3v) is 5.42. The molecule has 0 aliphatic heterocycles. The Kier molecular flexibility index (Phi) is 6.60. The molecule has 0 spiro atoms. The number of sulfonamides is 1. The standard InChI is InChI=1S/C19H22F2N2O4S/c1-13(19(24)22(2)12-14-5-8-16(27-3)9-6-14)23(28(4,25)26)15-7-10-17(20)18(21)11-15/h5-11,13H,12H2,1-4H3. The summed E-state index contributed by atoms with van der Waals surface area (Å²) < 4.78 is 57.2. The van der Waals surface area contributed by atoms with E-state index in [0.29, 0.717) is 5.75 Å². The van der Waals surface area contributed by atoms with Crippen molar-refractivity contribution in [3.63, 3.8) is 0 Å². The molecule has 152 valence electrons. The molecular formula is C19H22F2N2O4S. The Labute approximate surface area is 163 Å². The predicted molar refractivity (Wildman–Crippen MR) is 103 cm³/mol. The summed E-state index contributed by atoms with van der Waals surface area (Å²) in [6, 6.07) is 8.62. The molecule has 28 heavy (non-hydrogen) atoms. The highest BCUT2D eigenvalue weighted by Crippen LogP contribution is 2.24. The zero-order valence-corrected chi connectivity index (χ0v) is 16.8. The summed E-state index contributed by atoms with van der Waals surface area (Å²) in [6.45, 7) is 1.64. The van der Waals surface area contributed by atoms with E-state index in [1.54, 1.807) is 31.4 Å². The number of methoxy groups -OCH3 is 1. The van der Waals surface area contributed by atoms with Gasteiger partial charge in [0.25, 0.3) is 0 Å². The maximum atomic E-state index is 13.6. The molecule has 1 atom stereocenters. The monoisotopic (exact) mass is 412 g/mol. The number of amides is 1. The van der Waals surface area contributed by atoms with Gasteiger partial charge in [0.05, 0.1) is 19.1 Å². The Balaban J connectivity index is 2.25. The van der Waals surface area contributed by atoms with Gasteiger partial charge in [0.2, 0.25) is 15.9 Å². The summed E-state index contributed by atoms with van der Waals surface area (Å²) in [6.07, 6.45) is 0.904. The number of likely N-dealkylation sites (N-methyl/N-ethyl adjacent to an activating group) is 1. The first kappa shape index (κ1) is 21.6. The third kappa shape index (κ3) is 4.98. The van der Waals surface area contributed by atoms with Gasteiger partial charge in [-0.05, 0) is 36.8 Å². The molecule has 2 rings (SSSR count). The molecule has 0 N–H and O–H groups in total. The summed E-state index contributed by atoms with van der Waals surface area (Å²) in [4.78, 5) is 14.2. The largest absolute Gasteiger partial charge is 0.497 e. The summed E-state index contributed by atoms with van der Waals surface area (Å²) in [5, 5.41) is 0. The second kappa shape index (κ2) is 8.55. The fourth-order valence-corrected chi connectivity index (χ4v) is 3.99. The van der Waals surface area contributed by atoms with Gasteiger partial charge in [-0.15, -0.1) is 0 Å². The minimum absolute atomic E-state index is 0.125. The van der Waals surface area contributed by atoms with Crippen LogP contribution in [0.5, 0.6) is 5.75 Å². The maximum absolute atomic E-state index is 13.6. The van der Waals surface area contributed by atoms with E-state index in [2.05, 4.69) is 0 Å². The zero-order chi connectivity index (χ0) is 21.1. The molecule has 0 aliphatic rings. The molecule has 6 nitrogen and oxygen atoms in total. The molecule has 9 heteroatoms. The molecule has 0 bridgehead atoms. The molecule has 2 aromatic carbocycles. The summed E-state index contributed by atoms with van der Waals surface area (Å²) in [5.74, 6) is -2.12. The van der Waals surface area contributed by atoms with Crippen molar-refractivity contribution in [3.05, 3.63) is 59.7 Å². The van der Waals surface area contributed by atoms with Crippen LogP contribution in [-0.2, 0) is 21.4 Å². The van der Waals surface area contributed by atoms with Crippen LogP contribution in [0.4, 0.5) is 14.5 Å². The minimum atomic E-state index is -3.93. The number of ether oxygens (including phenoxy) is 1. The lowest BCUT2D eigenvalue weighted by Gasteiger charge is -2.31. The molecule has 1 amide bonds. The Hall–Kier alpha value is -2.68. The van der Waals surface area contributed by atoms with Crippen molar-refractivity contribution >= 4 is 21.6 Å². The average molecular weight is 412 g/mol. The van der Waals surface area contributed by atoms with Gasteiger partial charge in [0.15, 0.2) is 11.6 Å². The summed E-state index contributed by atoms with van der Waals surface area (Å²) in [7, 11) is -0.845. The van der Waals surface area contributed by atoms with Crippen molar-refractivity contribution in [2.45, 2.75) is 19.5 Å². The number of anilines is 1. The minimum Gasteiger partial charge on any atom is -0.497 e. The van der Waals surface area contributed by atoms with E-state index in [4.69, 9.17) is 4.74 Å². The topological polar surface area (TPSA) is 66.9 Å². The van der Waals surface area contributed by atoms with E-state index < -0.39 is 33.6 Å². The van der Waals surface area contributed by atoms with Crippen molar-refractivity contribution in [1.82, 2.24) is 4.90 Å². The molecule has 0 heterocycles. The van der Waals surface area contributed by atoms with E-state index in [1.165, 1.54) is 18.9 Å². The highest BCUT2D eigenvalue weighted by Gasteiger charge is 2.31. The smallest absolute Gasteiger partial charge is 0.246 e. The number of carbonyl (C=O) groups excluding carboxylic acids is 1. The molecule has 0 aliphatic carbocycles. The van der Waals surface area contributed by atoms with Crippen molar-refractivity contribution in [3.8, 4) is 5.75 Å². The molecule has 0 saturated heterocycles. The normalized spacial score (nSPS) is 12.4. The van der Waals surface area contributed by atoms with Crippen molar-refractivity contribution < 1.29 is 26.7 Å². The Bertz CT molecular complexity index is 949. The molecular weight excluding hydrogens is 390 g/mol. The molecule has 0 saturated carbocycles. The van der Waals surface area contributed by atoms with E-state index in [1.807, 2.05) is 0 Å². The van der Waals surface area contributed by atoms with Crippen LogP contribution >= 0.6 is 0 Å². The van der Waals surface area contributed by atoms with Crippen LogP contribution in [0.2, 0.25) is 0 Å². The van der Waals surface area contributed by atoms with Gasteiger partial charge in [-0.1, -0.05) is 12.1 Å². The van der Waals surface area contributed by atoms with Crippen LogP contribution in [0.25, 0.3) is 0 Å². The average Bonchev–Trinajstić information content (AvgIpc) is 2.63. The molecule has 2 aromatic rings. The lowest BCUT2D eigenvalue weighted by molar-refractivity contribution is -0.131. The Morgan fingerprint density at radius 1 is 1.11 bits per heavy atom. The first-order valence-corrected chi connectivity index (χ1v) is 10.2. The maximum Gasteiger partial charge on any atom is 0.246 e. The quantitative estimate of drug-likeness (QED) is 0.702. The van der Waals surface area contributed by atoms with E-state index in [-0.39, 0.29) is 12.2 Å². The Morgan fingerprint density at radius 2 is 1.71 bits per heavy atom. The SMILES string of the molecule is COc1ccc(CN(C)C(=O)C(C)N(c2ccc(F)c(F)c2)S(C)(=O)=O)cc1. The summed E-state index contributed by atoms with van der Waals surface area (Å²) in [5.41, 5.74) is 0.697. The first-order chi connectivity index (χ1) is 13.0. The van der Waals surface area contributed by atoms with Crippen LogP contribution < -0.4 is 9.04 Å². The van der Waals surface area contributed by atoms with Crippen molar-refractivity contribution in [2.75, 3.05) is 24.7 Å². The van der Waals surface area contributed by atoms with Gasteiger partial charge in [-0.3, -0.25) is 9.10 Å². The van der Waals surface area contributed by atoms with Gasteiger partial charge in [-0.25, -0.2) is 17.2 Å². The number of nitrogens with zero attached hydrogens (tertiary/aromatic N) is 2. The Morgan fingerprint density at radius 3 is 2.21 bits per heavy atom. The number of carbonyl (C=O) groups is 1.